The number of halogens is 3. The van der Waals surface area contributed by atoms with Crippen molar-refractivity contribution in [2.75, 3.05) is 24.3 Å². The molecule has 0 unspecified atom stereocenters. The Morgan fingerprint density at radius 3 is 2.53 bits per heavy atom. The summed E-state index contributed by atoms with van der Waals surface area (Å²) in [5.74, 6) is -0.966. The average molecular weight is 417 g/mol. The van der Waals surface area contributed by atoms with Gasteiger partial charge < -0.3 is 10.6 Å². The number of anilines is 2. The fourth-order valence-electron chi connectivity index (χ4n) is 3.14. The number of benzene rings is 1. The summed E-state index contributed by atoms with van der Waals surface area (Å²) in [7, 11) is 3.08. The zero-order valence-corrected chi connectivity index (χ0v) is 16.3. The summed E-state index contributed by atoms with van der Waals surface area (Å²) >= 11 is 0. The van der Waals surface area contributed by atoms with E-state index in [9.17, 15) is 22.8 Å². The molecule has 2 N–H and O–H groups in total. The number of alkyl halides is 3. The zero-order valence-electron chi connectivity index (χ0n) is 16.3. The number of fused-ring (bicyclic) bond motifs is 1. The van der Waals surface area contributed by atoms with E-state index >= 15 is 0 Å². The number of hydrogen-bond donors (Lipinski definition) is 2. The fourth-order valence-corrected chi connectivity index (χ4v) is 3.14. The van der Waals surface area contributed by atoms with Gasteiger partial charge in [0.05, 0.1) is 28.0 Å². The third kappa shape index (κ3) is 3.88. The second-order valence-corrected chi connectivity index (χ2v) is 6.48. The lowest BCUT2D eigenvalue weighted by Gasteiger charge is -2.21. The van der Waals surface area contributed by atoms with Crippen LogP contribution in [0.4, 0.5) is 29.3 Å². The maximum Gasteiger partial charge on any atom is 0.417 e. The largest absolute Gasteiger partial charge is 0.417 e. The second-order valence-electron chi connectivity index (χ2n) is 6.48. The molecule has 0 aliphatic heterocycles. The van der Waals surface area contributed by atoms with Crippen LogP contribution < -0.4 is 15.5 Å². The van der Waals surface area contributed by atoms with Gasteiger partial charge in [-0.1, -0.05) is 12.1 Å². The van der Waals surface area contributed by atoms with Gasteiger partial charge in [0.25, 0.3) is 5.91 Å². The standard InChI is InChI=1S/C20H18F3N5O2/c1-11-9-26-16-12(17(11)28(3)19(30)24-2)5-4-6-15(16)27-18(29)13-10-25-8-7-14(13)20(21,22)23/h4-10H,1-3H3,(H,24,30)(H,27,29). The normalized spacial score (nSPS) is 11.3. The molecule has 3 aromatic rings. The van der Waals surface area contributed by atoms with Crippen LogP contribution >= 0.6 is 0 Å². The molecular weight excluding hydrogens is 399 g/mol. The molecule has 0 saturated carbocycles. The van der Waals surface area contributed by atoms with Crippen molar-refractivity contribution in [1.29, 1.82) is 0 Å². The third-order valence-corrected chi connectivity index (χ3v) is 4.53. The Balaban J connectivity index is 2.07. The Hall–Kier alpha value is -3.69. The highest BCUT2D eigenvalue weighted by Crippen LogP contribution is 2.34. The van der Waals surface area contributed by atoms with E-state index in [0.717, 1.165) is 18.5 Å². The number of amides is 3. The molecule has 3 rings (SSSR count). The molecule has 0 aliphatic carbocycles. The van der Waals surface area contributed by atoms with Crippen LogP contribution in [-0.2, 0) is 6.18 Å². The van der Waals surface area contributed by atoms with E-state index in [-0.39, 0.29) is 11.7 Å². The Morgan fingerprint density at radius 2 is 1.87 bits per heavy atom. The van der Waals surface area contributed by atoms with Gasteiger partial charge in [-0.05, 0) is 24.6 Å². The molecule has 156 valence electrons. The van der Waals surface area contributed by atoms with E-state index in [1.165, 1.54) is 24.2 Å². The summed E-state index contributed by atoms with van der Waals surface area (Å²) in [5.41, 5.74) is 0.132. The van der Waals surface area contributed by atoms with Crippen molar-refractivity contribution in [3.63, 3.8) is 0 Å². The molecule has 0 spiro atoms. The van der Waals surface area contributed by atoms with Crippen LogP contribution in [0.3, 0.4) is 0 Å². The van der Waals surface area contributed by atoms with E-state index in [1.54, 1.807) is 26.1 Å². The Morgan fingerprint density at radius 1 is 1.13 bits per heavy atom. The fraction of sp³-hybridized carbons (Fsp3) is 0.200. The third-order valence-electron chi connectivity index (χ3n) is 4.53. The Kier molecular flexibility index (Phi) is 5.59. The quantitative estimate of drug-likeness (QED) is 0.675. The molecule has 0 radical (unpaired) electrons. The molecular formula is C20H18F3N5O2. The van der Waals surface area contributed by atoms with Gasteiger partial charge in [-0.25, -0.2) is 4.79 Å². The van der Waals surface area contributed by atoms with Crippen LogP contribution in [-0.4, -0.2) is 36.0 Å². The van der Waals surface area contributed by atoms with Crippen LogP contribution in [0, 0.1) is 6.92 Å². The zero-order chi connectivity index (χ0) is 22.1. The first-order valence-corrected chi connectivity index (χ1v) is 8.81. The number of aryl methyl sites for hydroxylation is 1. The molecule has 7 nitrogen and oxygen atoms in total. The van der Waals surface area contributed by atoms with Crippen molar-refractivity contribution in [2.45, 2.75) is 13.1 Å². The van der Waals surface area contributed by atoms with Gasteiger partial charge in [0, 0.05) is 38.1 Å². The monoisotopic (exact) mass is 417 g/mol. The minimum atomic E-state index is -4.70. The summed E-state index contributed by atoms with van der Waals surface area (Å²) in [6, 6.07) is 5.25. The first kappa shape index (κ1) is 21.0. The first-order valence-electron chi connectivity index (χ1n) is 8.81. The summed E-state index contributed by atoms with van der Waals surface area (Å²) in [4.78, 5) is 34.1. The average Bonchev–Trinajstić information content (AvgIpc) is 2.72. The number of hydrogen-bond acceptors (Lipinski definition) is 4. The van der Waals surface area contributed by atoms with Crippen LogP contribution in [0.15, 0.2) is 42.9 Å². The molecule has 0 atom stereocenters. The maximum atomic E-state index is 13.2. The molecule has 3 amide bonds. The number of aromatic nitrogens is 2. The van der Waals surface area contributed by atoms with Gasteiger partial charge in [-0.2, -0.15) is 13.2 Å². The topological polar surface area (TPSA) is 87.2 Å². The Labute approximate surface area is 169 Å². The molecule has 0 bridgehead atoms. The minimum Gasteiger partial charge on any atom is -0.341 e. The highest BCUT2D eigenvalue weighted by atomic mass is 19.4. The summed E-state index contributed by atoms with van der Waals surface area (Å²) < 4.78 is 39.7. The number of nitrogens with one attached hydrogen (secondary N) is 2. The van der Waals surface area contributed by atoms with Crippen molar-refractivity contribution in [3.8, 4) is 0 Å². The first-order chi connectivity index (χ1) is 14.1. The summed E-state index contributed by atoms with van der Waals surface area (Å²) in [6.45, 7) is 1.78. The van der Waals surface area contributed by atoms with Crippen molar-refractivity contribution < 1.29 is 22.8 Å². The van der Waals surface area contributed by atoms with Gasteiger partial charge in [-0.3, -0.25) is 19.7 Å². The van der Waals surface area contributed by atoms with Gasteiger partial charge in [0.1, 0.15) is 0 Å². The van der Waals surface area contributed by atoms with Crippen molar-refractivity contribution in [3.05, 3.63) is 59.5 Å². The van der Waals surface area contributed by atoms with E-state index in [4.69, 9.17) is 0 Å². The molecule has 0 saturated heterocycles. The van der Waals surface area contributed by atoms with Crippen molar-refractivity contribution in [1.82, 2.24) is 15.3 Å². The molecule has 2 aromatic heterocycles. The number of nitrogens with zero attached hydrogens (tertiary/aromatic N) is 3. The summed E-state index contributed by atoms with van der Waals surface area (Å²) in [5, 5.41) is 5.57. The van der Waals surface area contributed by atoms with E-state index in [0.29, 0.717) is 22.2 Å². The highest BCUT2D eigenvalue weighted by Gasteiger charge is 2.35. The molecule has 0 fully saturated rings. The van der Waals surface area contributed by atoms with E-state index in [2.05, 4.69) is 20.6 Å². The Bertz CT molecular complexity index is 1130. The van der Waals surface area contributed by atoms with Gasteiger partial charge in [0.2, 0.25) is 0 Å². The molecule has 30 heavy (non-hydrogen) atoms. The van der Waals surface area contributed by atoms with E-state index in [1.807, 2.05) is 0 Å². The van der Waals surface area contributed by atoms with Crippen LogP contribution in [0.1, 0.15) is 21.5 Å². The van der Waals surface area contributed by atoms with Crippen molar-refractivity contribution in [2.24, 2.45) is 0 Å². The van der Waals surface area contributed by atoms with Crippen LogP contribution in [0.2, 0.25) is 0 Å². The smallest absolute Gasteiger partial charge is 0.341 e. The SMILES string of the molecule is CNC(=O)N(C)c1c(C)cnc2c(NC(=O)c3cnccc3C(F)(F)F)cccc12. The lowest BCUT2D eigenvalue weighted by atomic mass is 10.1. The predicted octanol–water partition coefficient (Wildman–Crippen LogP) is 3.98. The molecule has 0 aliphatic rings. The maximum absolute atomic E-state index is 13.2. The van der Waals surface area contributed by atoms with Gasteiger partial charge in [0.15, 0.2) is 0 Å². The van der Waals surface area contributed by atoms with Gasteiger partial charge in [-0.15, -0.1) is 0 Å². The number of rotatable bonds is 3. The van der Waals surface area contributed by atoms with E-state index < -0.39 is 23.2 Å². The van der Waals surface area contributed by atoms with Crippen LogP contribution in [0.5, 0.6) is 0 Å². The van der Waals surface area contributed by atoms with Crippen molar-refractivity contribution >= 4 is 34.2 Å². The number of pyridine rings is 2. The number of carbonyl (C=O) groups is 2. The molecule has 10 heteroatoms. The second kappa shape index (κ2) is 7.97. The van der Waals surface area contributed by atoms with Gasteiger partial charge >= 0.3 is 12.2 Å². The lowest BCUT2D eigenvalue weighted by Crippen LogP contribution is -2.35. The molecule has 2 heterocycles. The van der Waals surface area contributed by atoms with Crippen LogP contribution in [0.25, 0.3) is 10.9 Å². The number of carbonyl (C=O) groups excluding carboxylic acids is 2. The minimum absolute atomic E-state index is 0.209. The number of para-hydroxylation sites is 1. The lowest BCUT2D eigenvalue weighted by molar-refractivity contribution is -0.138. The number of urea groups is 1. The highest BCUT2D eigenvalue weighted by molar-refractivity contribution is 6.12. The summed E-state index contributed by atoms with van der Waals surface area (Å²) in [6.07, 6.45) is -1.33. The molecule has 1 aromatic carbocycles. The predicted molar refractivity (Wildman–Crippen MR) is 107 cm³/mol.